The fourth-order valence-corrected chi connectivity index (χ4v) is 3.18. The van der Waals surface area contributed by atoms with Gasteiger partial charge in [0.05, 0.1) is 10.0 Å². The zero-order valence-electron chi connectivity index (χ0n) is 13.0. The van der Waals surface area contributed by atoms with E-state index in [-0.39, 0.29) is 11.9 Å². The van der Waals surface area contributed by atoms with E-state index in [0.29, 0.717) is 27.9 Å². The maximum absolute atomic E-state index is 12.3. The maximum atomic E-state index is 12.3. The van der Waals surface area contributed by atoms with Crippen LogP contribution in [0.15, 0.2) is 42.5 Å². The van der Waals surface area contributed by atoms with Crippen LogP contribution in [-0.2, 0) is 6.54 Å². The standard InChI is InChI=1S/C18H18Cl2N2O2/c19-15-6-5-12(9-16(15)20)18(24)21-14-7-8-22(11-14)10-13-3-1-2-4-17(13)23/h1-6,9,14,23H,7-8,10-11H2,(H,21,24). The summed E-state index contributed by atoms with van der Waals surface area (Å²) in [6.07, 6.45) is 0.876. The van der Waals surface area contributed by atoms with E-state index < -0.39 is 0 Å². The zero-order valence-corrected chi connectivity index (χ0v) is 14.5. The number of carbonyl (C=O) groups is 1. The molecule has 1 aliphatic rings. The quantitative estimate of drug-likeness (QED) is 0.869. The molecule has 1 unspecified atom stereocenters. The Morgan fingerprint density at radius 2 is 2.00 bits per heavy atom. The number of nitrogens with one attached hydrogen (secondary N) is 1. The molecular formula is C18H18Cl2N2O2. The molecule has 0 radical (unpaired) electrons. The van der Waals surface area contributed by atoms with Crippen LogP contribution in [0.3, 0.4) is 0 Å². The number of nitrogens with zero attached hydrogens (tertiary/aromatic N) is 1. The Morgan fingerprint density at radius 1 is 1.21 bits per heavy atom. The van der Waals surface area contributed by atoms with Gasteiger partial charge in [-0.3, -0.25) is 9.69 Å². The molecule has 2 aromatic carbocycles. The van der Waals surface area contributed by atoms with Crippen LogP contribution < -0.4 is 5.32 Å². The lowest BCUT2D eigenvalue weighted by molar-refractivity contribution is 0.0937. The Hall–Kier alpha value is -1.75. The van der Waals surface area contributed by atoms with Gasteiger partial charge in [0, 0.05) is 36.8 Å². The third kappa shape index (κ3) is 4.01. The summed E-state index contributed by atoms with van der Waals surface area (Å²) in [5, 5.41) is 13.7. The highest BCUT2D eigenvalue weighted by atomic mass is 35.5. The molecule has 1 atom stereocenters. The van der Waals surface area contributed by atoms with Crippen molar-refractivity contribution < 1.29 is 9.90 Å². The van der Waals surface area contributed by atoms with Crippen molar-refractivity contribution in [2.24, 2.45) is 0 Å². The number of hydrogen-bond acceptors (Lipinski definition) is 3. The monoisotopic (exact) mass is 364 g/mol. The molecule has 4 nitrogen and oxygen atoms in total. The Labute approximate surface area is 151 Å². The summed E-state index contributed by atoms with van der Waals surface area (Å²) in [7, 11) is 0. The van der Waals surface area contributed by atoms with E-state index in [4.69, 9.17) is 23.2 Å². The SMILES string of the molecule is O=C(NC1CCN(Cc2ccccc2O)C1)c1ccc(Cl)c(Cl)c1. The van der Waals surface area contributed by atoms with Gasteiger partial charge in [-0.05, 0) is 30.7 Å². The topological polar surface area (TPSA) is 52.6 Å². The van der Waals surface area contributed by atoms with Crippen LogP contribution in [0, 0.1) is 0 Å². The number of halogens is 2. The number of phenols is 1. The summed E-state index contributed by atoms with van der Waals surface area (Å²) in [5.41, 5.74) is 1.40. The first-order valence-electron chi connectivity index (χ1n) is 7.78. The maximum Gasteiger partial charge on any atom is 0.251 e. The van der Waals surface area contributed by atoms with Crippen LogP contribution in [0.1, 0.15) is 22.3 Å². The molecular weight excluding hydrogens is 347 g/mol. The van der Waals surface area contributed by atoms with Crippen molar-refractivity contribution in [2.45, 2.75) is 19.0 Å². The fourth-order valence-electron chi connectivity index (χ4n) is 2.89. The van der Waals surface area contributed by atoms with Crippen molar-refractivity contribution in [3.63, 3.8) is 0 Å². The van der Waals surface area contributed by atoms with Gasteiger partial charge in [0.1, 0.15) is 5.75 Å². The Morgan fingerprint density at radius 3 is 2.75 bits per heavy atom. The molecule has 6 heteroatoms. The number of hydrogen-bond donors (Lipinski definition) is 2. The Bertz CT molecular complexity index is 752. The number of rotatable bonds is 4. The fraction of sp³-hybridized carbons (Fsp3) is 0.278. The highest BCUT2D eigenvalue weighted by Gasteiger charge is 2.24. The summed E-state index contributed by atoms with van der Waals surface area (Å²) >= 11 is 11.8. The first-order valence-corrected chi connectivity index (χ1v) is 8.53. The summed E-state index contributed by atoms with van der Waals surface area (Å²) in [6, 6.07) is 12.3. The number of carbonyl (C=O) groups excluding carboxylic acids is 1. The van der Waals surface area contributed by atoms with Gasteiger partial charge in [0.2, 0.25) is 0 Å². The van der Waals surface area contributed by atoms with Gasteiger partial charge in [-0.1, -0.05) is 41.4 Å². The van der Waals surface area contributed by atoms with Crippen LogP contribution in [-0.4, -0.2) is 35.0 Å². The molecule has 24 heavy (non-hydrogen) atoms. The average molecular weight is 365 g/mol. The third-order valence-corrected chi connectivity index (χ3v) is 4.91. The molecule has 0 aliphatic carbocycles. The van der Waals surface area contributed by atoms with Gasteiger partial charge >= 0.3 is 0 Å². The van der Waals surface area contributed by atoms with E-state index in [1.54, 1.807) is 24.3 Å². The predicted molar refractivity (Wildman–Crippen MR) is 95.7 cm³/mol. The molecule has 0 saturated carbocycles. The molecule has 1 heterocycles. The van der Waals surface area contributed by atoms with Crippen molar-refractivity contribution in [1.29, 1.82) is 0 Å². The van der Waals surface area contributed by atoms with Gasteiger partial charge in [0.15, 0.2) is 0 Å². The number of para-hydroxylation sites is 1. The van der Waals surface area contributed by atoms with E-state index in [1.807, 2.05) is 18.2 Å². The minimum atomic E-state index is -0.150. The van der Waals surface area contributed by atoms with E-state index in [1.165, 1.54) is 0 Å². The second-order valence-electron chi connectivity index (χ2n) is 5.95. The van der Waals surface area contributed by atoms with Crippen molar-refractivity contribution in [1.82, 2.24) is 10.2 Å². The summed E-state index contributed by atoms with van der Waals surface area (Å²) in [6.45, 7) is 2.30. The zero-order chi connectivity index (χ0) is 17.1. The molecule has 3 rings (SSSR count). The minimum absolute atomic E-state index is 0.0813. The van der Waals surface area contributed by atoms with E-state index in [2.05, 4.69) is 10.2 Å². The van der Waals surface area contributed by atoms with Crippen LogP contribution in [0.25, 0.3) is 0 Å². The molecule has 1 amide bonds. The predicted octanol–water partition coefficient (Wildman–Crippen LogP) is 3.70. The normalized spacial score (nSPS) is 17.8. The molecule has 2 N–H and O–H groups in total. The molecule has 1 saturated heterocycles. The second kappa shape index (κ2) is 7.43. The van der Waals surface area contributed by atoms with E-state index in [9.17, 15) is 9.90 Å². The second-order valence-corrected chi connectivity index (χ2v) is 6.77. The summed E-state index contributed by atoms with van der Waals surface area (Å²) in [4.78, 5) is 14.5. The third-order valence-electron chi connectivity index (χ3n) is 4.17. The number of benzene rings is 2. The molecule has 1 aliphatic heterocycles. The lowest BCUT2D eigenvalue weighted by Gasteiger charge is -2.17. The molecule has 126 valence electrons. The van der Waals surface area contributed by atoms with Gasteiger partial charge in [0.25, 0.3) is 5.91 Å². The van der Waals surface area contributed by atoms with Gasteiger partial charge < -0.3 is 10.4 Å². The first-order chi connectivity index (χ1) is 11.5. The Balaban J connectivity index is 1.57. The number of aromatic hydroxyl groups is 1. The number of phenolic OH excluding ortho intramolecular Hbond substituents is 1. The number of amides is 1. The summed E-state index contributed by atoms with van der Waals surface area (Å²) < 4.78 is 0. The van der Waals surface area contributed by atoms with Crippen LogP contribution in [0.4, 0.5) is 0 Å². The Kier molecular flexibility index (Phi) is 5.29. The molecule has 2 aromatic rings. The highest BCUT2D eigenvalue weighted by Crippen LogP contribution is 2.23. The van der Waals surface area contributed by atoms with Crippen molar-refractivity contribution >= 4 is 29.1 Å². The van der Waals surface area contributed by atoms with Gasteiger partial charge in [-0.15, -0.1) is 0 Å². The van der Waals surface area contributed by atoms with Crippen LogP contribution in [0.5, 0.6) is 5.75 Å². The summed E-state index contributed by atoms with van der Waals surface area (Å²) in [5.74, 6) is 0.156. The highest BCUT2D eigenvalue weighted by molar-refractivity contribution is 6.42. The van der Waals surface area contributed by atoms with E-state index >= 15 is 0 Å². The van der Waals surface area contributed by atoms with Crippen LogP contribution >= 0.6 is 23.2 Å². The van der Waals surface area contributed by atoms with Gasteiger partial charge in [-0.2, -0.15) is 0 Å². The van der Waals surface area contributed by atoms with Crippen molar-refractivity contribution in [2.75, 3.05) is 13.1 Å². The average Bonchev–Trinajstić information content (AvgIpc) is 2.99. The lowest BCUT2D eigenvalue weighted by atomic mass is 10.2. The smallest absolute Gasteiger partial charge is 0.251 e. The van der Waals surface area contributed by atoms with Crippen molar-refractivity contribution in [3.8, 4) is 5.75 Å². The molecule has 1 fully saturated rings. The van der Waals surface area contributed by atoms with Crippen molar-refractivity contribution in [3.05, 3.63) is 63.6 Å². The lowest BCUT2D eigenvalue weighted by Crippen LogP contribution is -2.37. The number of likely N-dealkylation sites (tertiary alicyclic amines) is 1. The molecule has 0 aromatic heterocycles. The molecule has 0 bridgehead atoms. The molecule has 0 spiro atoms. The largest absolute Gasteiger partial charge is 0.508 e. The first kappa shape index (κ1) is 17.1. The van der Waals surface area contributed by atoms with Crippen LogP contribution in [0.2, 0.25) is 10.0 Å². The van der Waals surface area contributed by atoms with Gasteiger partial charge in [-0.25, -0.2) is 0 Å². The minimum Gasteiger partial charge on any atom is -0.508 e. The van der Waals surface area contributed by atoms with E-state index in [0.717, 1.165) is 25.1 Å².